The first-order valence-electron chi connectivity index (χ1n) is 11.5. The fourth-order valence-electron chi connectivity index (χ4n) is 4.35. The Hall–Kier alpha value is -2.65. The van der Waals surface area contributed by atoms with Gasteiger partial charge in [0.25, 0.3) is 0 Å². The molecule has 1 saturated heterocycles. The fraction of sp³-hybridized carbons (Fsp3) is 0.500. The first-order chi connectivity index (χ1) is 16.1. The van der Waals surface area contributed by atoms with Crippen molar-refractivity contribution in [3.05, 3.63) is 51.6 Å². The maximum absolute atomic E-state index is 12.8. The van der Waals surface area contributed by atoms with Crippen molar-refractivity contribution in [2.45, 2.75) is 63.1 Å². The van der Waals surface area contributed by atoms with Gasteiger partial charge in [-0.2, -0.15) is 4.98 Å². The first-order valence-corrected chi connectivity index (χ1v) is 12.5. The van der Waals surface area contributed by atoms with Gasteiger partial charge in [-0.25, -0.2) is 9.59 Å². The Balaban J connectivity index is 1.47. The zero-order valence-electron chi connectivity index (χ0n) is 18.8. The van der Waals surface area contributed by atoms with Gasteiger partial charge in [0.2, 0.25) is 5.91 Å². The van der Waals surface area contributed by atoms with Crippen LogP contribution in [0.3, 0.4) is 0 Å². The molecule has 2 heterocycles. The van der Waals surface area contributed by atoms with Crippen LogP contribution in [0.2, 0.25) is 0 Å². The molecule has 9 heteroatoms. The number of carbonyl (C=O) groups excluding carboxylic acids is 2. The molecule has 1 aromatic heterocycles. The van der Waals surface area contributed by atoms with Crippen molar-refractivity contribution in [2.75, 3.05) is 24.3 Å². The number of esters is 1. The third-order valence-electron chi connectivity index (χ3n) is 5.90. The molecule has 0 radical (unpaired) electrons. The highest BCUT2D eigenvalue weighted by Gasteiger charge is 2.24. The summed E-state index contributed by atoms with van der Waals surface area (Å²) in [6, 6.07) is 6.75. The second-order valence-electron chi connectivity index (χ2n) is 8.18. The van der Waals surface area contributed by atoms with Gasteiger partial charge in [-0.05, 0) is 57.6 Å². The number of hydrogen-bond donors (Lipinski definition) is 1. The summed E-state index contributed by atoms with van der Waals surface area (Å²) < 4.78 is 12.6. The quantitative estimate of drug-likeness (QED) is 0.358. The third-order valence-corrected chi connectivity index (χ3v) is 6.92. The standard InChI is InChI=1S/C24H29N3O5S/c1-2-31-23(29)17-9-3-5-11-19(17)25-21(28)15-33-22-18-10-4-6-12-20(18)27(24(30)26-22)14-16-8-7-13-32-16/h3,5,9,11,16H,2,4,6-8,10,12-15H2,1H3,(H,25,28). The van der Waals surface area contributed by atoms with Crippen molar-refractivity contribution in [1.82, 2.24) is 9.55 Å². The van der Waals surface area contributed by atoms with Gasteiger partial charge in [-0.15, -0.1) is 0 Å². The molecule has 1 aliphatic carbocycles. The van der Waals surface area contributed by atoms with Crippen molar-refractivity contribution >= 4 is 29.3 Å². The van der Waals surface area contributed by atoms with E-state index in [1.807, 2.05) is 0 Å². The van der Waals surface area contributed by atoms with Gasteiger partial charge in [-0.1, -0.05) is 23.9 Å². The molecular formula is C24H29N3O5S. The molecule has 1 N–H and O–H groups in total. The zero-order chi connectivity index (χ0) is 23.2. The van der Waals surface area contributed by atoms with E-state index >= 15 is 0 Å². The van der Waals surface area contributed by atoms with E-state index < -0.39 is 5.97 Å². The van der Waals surface area contributed by atoms with E-state index in [9.17, 15) is 14.4 Å². The number of fused-ring (bicyclic) bond motifs is 1. The molecule has 0 spiro atoms. The zero-order valence-corrected chi connectivity index (χ0v) is 19.6. The van der Waals surface area contributed by atoms with Crippen LogP contribution in [0.1, 0.15) is 54.2 Å². The van der Waals surface area contributed by atoms with Crippen LogP contribution in [0.15, 0.2) is 34.1 Å². The van der Waals surface area contributed by atoms with Crippen molar-refractivity contribution in [2.24, 2.45) is 0 Å². The van der Waals surface area contributed by atoms with Gasteiger partial charge in [0.15, 0.2) is 0 Å². The van der Waals surface area contributed by atoms with Gasteiger partial charge in [-0.3, -0.25) is 9.36 Å². The number of nitrogens with zero attached hydrogens (tertiary/aromatic N) is 2. The highest BCUT2D eigenvalue weighted by molar-refractivity contribution is 8.00. The SMILES string of the molecule is CCOC(=O)c1ccccc1NC(=O)CSc1nc(=O)n(CC2CCCO2)c2c1CCCC2. The Labute approximate surface area is 197 Å². The van der Waals surface area contributed by atoms with E-state index in [4.69, 9.17) is 9.47 Å². The molecule has 0 bridgehead atoms. The van der Waals surface area contributed by atoms with Crippen LogP contribution in [0.25, 0.3) is 0 Å². The summed E-state index contributed by atoms with van der Waals surface area (Å²) in [4.78, 5) is 42.0. The number of anilines is 1. The topological polar surface area (TPSA) is 99.5 Å². The van der Waals surface area contributed by atoms with E-state index in [0.29, 0.717) is 22.8 Å². The number of para-hydroxylation sites is 1. The molecule has 1 atom stereocenters. The van der Waals surface area contributed by atoms with Gasteiger partial charge in [0, 0.05) is 17.9 Å². The Morgan fingerprint density at radius 3 is 2.85 bits per heavy atom. The monoisotopic (exact) mass is 471 g/mol. The minimum atomic E-state index is -0.480. The Bertz CT molecular complexity index is 1080. The van der Waals surface area contributed by atoms with Crippen LogP contribution in [0.5, 0.6) is 0 Å². The van der Waals surface area contributed by atoms with Crippen molar-refractivity contribution in [3.63, 3.8) is 0 Å². The molecule has 1 fully saturated rings. The van der Waals surface area contributed by atoms with Crippen LogP contribution >= 0.6 is 11.8 Å². The molecule has 2 aromatic rings. The highest BCUT2D eigenvalue weighted by atomic mass is 32.2. The molecule has 176 valence electrons. The number of thioether (sulfide) groups is 1. The summed E-state index contributed by atoms with van der Waals surface area (Å²) in [6.45, 7) is 3.28. The van der Waals surface area contributed by atoms with Gasteiger partial charge in [0.05, 0.1) is 36.3 Å². The van der Waals surface area contributed by atoms with Crippen molar-refractivity contribution < 1.29 is 19.1 Å². The van der Waals surface area contributed by atoms with Crippen molar-refractivity contribution in [3.8, 4) is 0 Å². The van der Waals surface area contributed by atoms with Crippen LogP contribution in [-0.4, -0.2) is 46.5 Å². The molecule has 8 nitrogen and oxygen atoms in total. The predicted molar refractivity (Wildman–Crippen MR) is 126 cm³/mol. The van der Waals surface area contributed by atoms with E-state index in [0.717, 1.165) is 56.4 Å². The highest BCUT2D eigenvalue weighted by Crippen LogP contribution is 2.29. The average Bonchev–Trinajstić information content (AvgIpc) is 3.33. The summed E-state index contributed by atoms with van der Waals surface area (Å²) in [5.41, 5.74) is 2.55. The predicted octanol–water partition coefficient (Wildman–Crippen LogP) is 3.21. The van der Waals surface area contributed by atoms with Crippen LogP contribution in [0, 0.1) is 0 Å². The number of ether oxygens (including phenoxy) is 2. The molecule has 1 aromatic carbocycles. The second kappa shape index (κ2) is 11.0. The number of amides is 1. The summed E-state index contributed by atoms with van der Waals surface area (Å²) in [6.07, 6.45) is 5.83. The van der Waals surface area contributed by atoms with E-state index in [-0.39, 0.29) is 30.1 Å². The lowest BCUT2D eigenvalue weighted by Gasteiger charge is -2.24. The van der Waals surface area contributed by atoms with Crippen LogP contribution in [-0.2, 0) is 33.7 Å². The molecule has 2 aliphatic rings. The first kappa shape index (κ1) is 23.5. The van der Waals surface area contributed by atoms with Crippen molar-refractivity contribution in [1.29, 1.82) is 0 Å². The van der Waals surface area contributed by atoms with Crippen LogP contribution < -0.4 is 11.0 Å². The molecule has 0 saturated carbocycles. The second-order valence-corrected chi connectivity index (χ2v) is 9.14. The Kier molecular flexibility index (Phi) is 7.82. The minimum absolute atomic E-state index is 0.0688. The van der Waals surface area contributed by atoms with Gasteiger partial charge < -0.3 is 14.8 Å². The third kappa shape index (κ3) is 5.65. The summed E-state index contributed by atoms with van der Waals surface area (Å²) in [5.74, 6) is -0.663. The molecule has 1 aliphatic heterocycles. The summed E-state index contributed by atoms with van der Waals surface area (Å²) in [5, 5.41) is 3.42. The minimum Gasteiger partial charge on any atom is -0.462 e. The van der Waals surface area contributed by atoms with E-state index in [1.54, 1.807) is 35.8 Å². The number of rotatable bonds is 8. The average molecular weight is 472 g/mol. The van der Waals surface area contributed by atoms with Gasteiger partial charge >= 0.3 is 11.7 Å². The summed E-state index contributed by atoms with van der Waals surface area (Å²) >= 11 is 1.27. The normalized spacial score (nSPS) is 17.4. The number of nitrogens with one attached hydrogen (secondary N) is 1. The fourth-order valence-corrected chi connectivity index (χ4v) is 5.22. The molecule has 1 amide bonds. The maximum Gasteiger partial charge on any atom is 0.348 e. The largest absolute Gasteiger partial charge is 0.462 e. The maximum atomic E-state index is 12.8. The van der Waals surface area contributed by atoms with Gasteiger partial charge in [0.1, 0.15) is 5.03 Å². The lowest BCUT2D eigenvalue weighted by Crippen LogP contribution is -2.34. The van der Waals surface area contributed by atoms with Crippen LogP contribution in [0.4, 0.5) is 5.69 Å². The molecular weight excluding hydrogens is 442 g/mol. The molecule has 4 rings (SSSR count). The number of carbonyl (C=O) groups is 2. The molecule has 33 heavy (non-hydrogen) atoms. The Morgan fingerprint density at radius 1 is 1.24 bits per heavy atom. The van der Waals surface area contributed by atoms with E-state index in [2.05, 4.69) is 10.3 Å². The van der Waals surface area contributed by atoms with E-state index in [1.165, 1.54) is 11.8 Å². The lowest BCUT2D eigenvalue weighted by molar-refractivity contribution is -0.113. The number of aromatic nitrogens is 2. The smallest absolute Gasteiger partial charge is 0.348 e. The number of hydrogen-bond acceptors (Lipinski definition) is 7. The Morgan fingerprint density at radius 2 is 2.06 bits per heavy atom. The molecule has 1 unspecified atom stereocenters. The summed E-state index contributed by atoms with van der Waals surface area (Å²) in [7, 11) is 0. The lowest BCUT2D eigenvalue weighted by atomic mass is 9.97. The number of benzene rings is 1.